The minimum absolute atomic E-state index is 0.138. The summed E-state index contributed by atoms with van der Waals surface area (Å²) in [4.78, 5) is 14.3. The van der Waals surface area contributed by atoms with Gasteiger partial charge >= 0.3 is 0 Å². The van der Waals surface area contributed by atoms with E-state index in [0.717, 1.165) is 24.4 Å². The topological polar surface area (TPSA) is 47.4 Å². The number of hydrogen-bond donors (Lipinski definition) is 0. The van der Waals surface area contributed by atoms with Gasteiger partial charge in [-0.05, 0) is 68.9 Å². The fraction of sp³-hybridized carbons (Fsp3) is 0.565. The quantitative estimate of drug-likeness (QED) is 0.648. The zero-order valence-corrected chi connectivity index (χ0v) is 18.5. The van der Waals surface area contributed by atoms with Crippen LogP contribution in [0.25, 0.3) is 0 Å². The summed E-state index contributed by atoms with van der Waals surface area (Å²) in [6.07, 6.45) is 1.23. The lowest BCUT2D eigenvalue weighted by Gasteiger charge is -2.18. The third-order valence-electron chi connectivity index (χ3n) is 4.97. The van der Waals surface area contributed by atoms with Crippen LogP contribution in [0.2, 0.25) is 0 Å². The van der Waals surface area contributed by atoms with Crippen LogP contribution in [-0.2, 0) is 17.8 Å². The standard InChI is InChI=1S/C23H35N3O2/c1-16(2)15-26-20(6)22(19(5)24-26)8-9-23(27)25(7)10-11-28-21-13-17(3)12-18(4)14-21/h12-14,16H,8-11,15H2,1-7H3. The molecule has 0 N–H and O–H groups in total. The van der Waals surface area contributed by atoms with Gasteiger partial charge in [0.2, 0.25) is 5.91 Å². The van der Waals surface area contributed by atoms with Crippen LogP contribution in [0.3, 0.4) is 0 Å². The molecule has 1 aromatic carbocycles. The molecule has 0 saturated carbocycles. The van der Waals surface area contributed by atoms with Gasteiger partial charge in [0.15, 0.2) is 0 Å². The molecule has 5 nitrogen and oxygen atoms in total. The number of benzene rings is 1. The van der Waals surface area contributed by atoms with Crippen molar-refractivity contribution in [3.63, 3.8) is 0 Å². The van der Waals surface area contributed by atoms with E-state index in [4.69, 9.17) is 4.74 Å². The number of carbonyl (C=O) groups is 1. The molecule has 28 heavy (non-hydrogen) atoms. The minimum Gasteiger partial charge on any atom is -0.492 e. The van der Waals surface area contributed by atoms with Crippen molar-refractivity contribution < 1.29 is 9.53 Å². The van der Waals surface area contributed by atoms with Crippen molar-refractivity contribution in [2.45, 2.75) is 60.9 Å². The Balaban J connectivity index is 1.83. The Morgan fingerprint density at radius 2 is 1.79 bits per heavy atom. The van der Waals surface area contributed by atoms with Crippen LogP contribution in [0.15, 0.2) is 18.2 Å². The highest BCUT2D eigenvalue weighted by atomic mass is 16.5. The highest BCUT2D eigenvalue weighted by Crippen LogP contribution is 2.18. The molecule has 0 aliphatic carbocycles. The Hall–Kier alpha value is -2.30. The number of carbonyl (C=O) groups excluding carboxylic acids is 1. The number of rotatable bonds is 9. The van der Waals surface area contributed by atoms with E-state index < -0.39 is 0 Å². The van der Waals surface area contributed by atoms with Gasteiger partial charge < -0.3 is 9.64 Å². The van der Waals surface area contributed by atoms with E-state index in [1.165, 1.54) is 22.4 Å². The fourth-order valence-electron chi connectivity index (χ4n) is 3.48. The van der Waals surface area contributed by atoms with Gasteiger partial charge in [0.1, 0.15) is 12.4 Å². The van der Waals surface area contributed by atoms with E-state index in [9.17, 15) is 4.79 Å². The average molecular weight is 386 g/mol. The Morgan fingerprint density at radius 1 is 1.14 bits per heavy atom. The molecule has 0 spiro atoms. The molecule has 154 valence electrons. The molecule has 5 heteroatoms. The molecule has 2 rings (SSSR count). The van der Waals surface area contributed by atoms with Gasteiger partial charge in [0.05, 0.1) is 12.2 Å². The van der Waals surface area contributed by atoms with E-state index in [1.54, 1.807) is 4.90 Å². The van der Waals surface area contributed by atoms with Crippen molar-refractivity contribution in [1.29, 1.82) is 0 Å². The summed E-state index contributed by atoms with van der Waals surface area (Å²) in [6, 6.07) is 6.17. The molecule has 0 saturated heterocycles. The third-order valence-corrected chi connectivity index (χ3v) is 4.97. The molecule has 0 bridgehead atoms. The molecule has 0 unspecified atom stereocenters. The minimum atomic E-state index is 0.138. The Morgan fingerprint density at radius 3 is 2.39 bits per heavy atom. The number of amides is 1. The SMILES string of the molecule is Cc1cc(C)cc(OCCN(C)C(=O)CCc2c(C)nn(CC(C)C)c2C)c1. The van der Waals surface area contributed by atoms with Crippen LogP contribution in [0.1, 0.15) is 48.3 Å². The molecule has 0 radical (unpaired) electrons. The number of likely N-dealkylation sites (N-methyl/N-ethyl adjacent to an activating group) is 1. The lowest BCUT2D eigenvalue weighted by Crippen LogP contribution is -2.31. The van der Waals surface area contributed by atoms with E-state index in [0.29, 0.717) is 25.5 Å². The molecule has 1 heterocycles. The summed E-state index contributed by atoms with van der Waals surface area (Å²) in [7, 11) is 1.84. The summed E-state index contributed by atoms with van der Waals surface area (Å²) in [5.74, 6) is 1.55. The number of hydrogen-bond acceptors (Lipinski definition) is 3. The second-order valence-corrected chi connectivity index (χ2v) is 8.21. The average Bonchev–Trinajstić information content (AvgIpc) is 2.84. The Kier molecular flexibility index (Phi) is 7.67. The van der Waals surface area contributed by atoms with Crippen LogP contribution in [0.4, 0.5) is 0 Å². The molecular weight excluding hydrogens is 350 g/mol. The maximum absolute atomic E-state index is 12.5. The first-order chi connectivity index (χ1) is 13.2. The van der Waals surface area contributed by atoms with Crippen molar-refractivity contribution in [1.82, 2.24) is 14.7 Å². The largest absolute Gasteiger partial charge is 0.492 e. The highest BCUT2D eigenvalue weighted by Gasteiger charge is 2.15. The van der Waals surface area contributed by atoms with Crippen LogP contribution < -0.4 is 4.74 Å². The zero-order valence-electron chi connectivity index (χ0n) is 18.5. The molecule has 0 aliphatic rings. The van der Waals surface area contributed by atoms with Gasteiger partial charge in [-0.2, -0.15) is 5.10 Å². The van der Waals surface area contributed by atoms with Gasteiger partial charge in [0.25, 0.3) is 0 Å². The van der Waals surface area contributed by atoms with Crippen LogP contribution in [-0.4, -0.2) is 40.8 Å². The van der Waals surface area contributed by atoms with Crippen LogP contribution in [0.5, 0.6) is 5.75 Å². The van der Waals surface area contributed by atoms with Gasteiger partial charge in [-0.1, -0.05) is 19.9 Å². The first-order valence-corrected chi connectivity index (χ1v) is 10.1. The first-order valence-electron chi connectivity index (χ1n) is 10.1. The molecule has 2 aromatic rings. The predicted octanol–water partition coefficient (Wildman–Crippen LogP) is 4.24. The van der Waals surface area contributed by atoms with Crippen LogP contribution >= 0.6 is 0 Å². The smallest absolute Gasteiger partial charge is 0.222 e. The molecule has 0 atom stereocenters. The molecule has 0 aliphatic heterocycles. The number of nitrogens with zero attached hydrogens (tertiary/aromatic N) is 3. The van der Waals surface area contributed by atoms with Crippen molar-refractivity contribution in [3.8, 4) is 5.75 Å². The zero-order chi connectivity index (χ0) is 20.8. The predicted molar refractivity (Wildman–Crippen MR) is 114 cm³/mol. The summed E-state index contributed by atoms with van der Waals surface area (Å²) in [6.45, 7) is 14.6. The second kappa shape index (κ2) is 9.76. The lowest BCUT2D eigenvalue weighted by molar-refractivity contribution is -0.130. The summed E-state index contributed by atoms with van der Waals surface area (Å²) >= 11 is 0. The normalized spacial score (nSPS) is 11.1. The summed E-state index contributed by atoms with van der Waals surface area (Å²) in [5.41, 5.74) is 5.78. The molecule has 1 amide bonds. The molecule has 0 fully saturated rings. The van der Waals surface area contributed by atoms with E-state index in [1.807, 2.05) is 26.1 Å². The Labute approximate surface area is 169 Å². The monoisotopic (exact) mass is 385 g/mol. The number of ether oxygens (including phenoxy) is 1. The van der Waals surface area contributed by atoms with Crippen molar-refractivity contribution in [2.24, 2.45) is 5.92 Å². The van der Waals surface area contributed by atoms with E-state index in [2.05, 4.69) is 50.5 Å². The second-order valence-electron chi connectivity index (χ2n) is 8.21. The third kappa shape index (κ3) is 6.11. The van der Waals surface area contributed by atoms with E-state index >= 15 is 0 Å². The first kappa shape index (κ1) is 22.0. The highest BCUT2D eigenvalue weighted by molar-refractivity contribution is 5.76. The number of aromatic nitrogens is 2. The maximum atomic E-state index is 12.5. The molecule has 1 aromatic heterocycles. The maximum Gasteiger partial charge on any atom is 0.222 e. The van der Waals surface area contributed by atoms with Gasteiger partial charge in [-0.25, -0.2) is 0 Å². The van der Waals surface area contributed by atoms with Gasteiger partial charge in [-0.15, -0.1) is 0 Å². The van der Waals surface area contributed by atoms with Gasteiger partial charge in [-0.3, -0.25) is 9.48 Å². The van der Waals surface area contributed by atoms with Crippen molar-refractivity contribution in [3.05, 3.63) is 46.3 Å². The van der Waals surface area contributed by atoms with Crippen LogP contribution in [0, 0.1) is 33.6 Å². The summed E-state index contributed by atoms with van der Waals surface area (Å²) in [5, 5.41) is 4.64. The molecular formula is C23H35N3O2. The fourth-order valence-corrected chi connectivity index (χ4v) is 3.48. The Bertz CT molecular complexity index is 788. The lowest BCUT2D eigenvalue weighted by atomic mass is 10.1. The van der Waals surface area contributed by atoms with Crippen molar-refractivity contribution in [2.75, 3.05) is 20.2 Å². The summed E-state index contributed by atoms with van der Waals surface area (Å²) < 4.78 is 7.89. The number of aryl methyl sites for hydroxylation is 3. The van der Waals surface area contributed by atoms with Gasteiger partial charge in [0, 0.05) is 25.7 Å². The van der Waals surface area contributed by atoms with Crippen molar-refractivity contribution >= 4 is 5.91 Å². The van der Waals surface area contributed by atoms with E-state index in [-0.39, 0.29) is 5.91 Å².